The summed E-state index contributed by atoms with van der Waals surface area (Å²) in [6.45, 7) is 1.91. The van der Waals surface area contributed by atoms with Crippen LogP contribution in [0.3, 0.4) is 0 Å². The third-order valence-electron chi connectivity index (χ3n) is 2.51. The Morgan fingerprint density at radius 3 is 3.16 bits per heavy atom. The highest BCUT2D eigenvalue weighted by atomic mass is 32.2. The van der Waals surface area contributed by atoms with Gasteiger partial charge in [0, 0.05) is 5.56 Å². The highest BCUT2D eigenvalue weighted by molar-refractivity contribution is 7.99. The van der Waals surface area contributed by atoms with E-state index in [4.69, 9.17) is 9.68 Å². The first kappa shape index (κ1) is 11.7. The lowest BCUT2D eigenvalue weighted by Crippen LogP contribution is -1.78. The third kappa shape index (κ3) is 2.30. The quantitative estimate of drug-likeness (QED) is 0.736. The van der Waals surface area contributed by atoms with Gasteiger partial charge in [0.15, 0.2) is 0 Å². The first-order chi connectivity index (χ1) is 9.26. The van der Waals surface area contributed by atoms with E-state index >= 15 is 0 Å². The van der Waals surface area contributed by atoms with Gasteiger partial charge in [-0.15, -0.1) is 10.2 Å². The Kier molecular flexibility index (Phi) is 2.93. The van der Waals surface area contributed by atoms with Gasteiger partial charge in [0.2, 0.25) is 5.89 Å². The van der Waals surface area contributed by atoms with Gasteiger partial charge in [0.05, 0.1) is 22.9 Å². The monoisotopic (exact) mass is 271 g/mol. The second-order valence-electron chi connectivity index (χ2n) is 3.87. The third-order valence-corrected chi connectivity index (χ3v) is 3.20. The molecule has 6 nitrogen and oxygen atoms in total. The maximum atomic E-state index is 8.50. The summed E-state index contributed by atoms with van der Waals surface area (Å²) in [6, 6.07) is 7.72. The van der Waals surface area contributed by atoms with Crippen molar-refractivity contribution in [2.24, 2.45) is 0 Å². The fraction of sp³-hybridized carbons (Fsp3) is 0.167. The van der Waals surface area contributed by atoms with Crippen molar-refractivity contribution < 1.29 is 4.42 Å². The van der Waals surface area contributed by atoms with Crippen LogP contribution in [0, 0.1) is 18.3 Å². The van der Waals surface area contributed by atoms with E-state index in [2.05, 4.69) is 20.2 Å². The lowest BCUT2D eigenvalue weighted by molar-refractivity contribution is 0.466. The SMILES string of the molecule is Cc1nc2ccc(-c3nnc(SCC#N)o3)cc2[nH]1. The van der Waals surface area contributed by atoms with Crippen molar-refractivity contribution in [1.82, 2.24) is 20.2 Å². The zero-order valence-corrected chi connectivity index (χ0v) is 10.9. The van der Waals surface area contributed by atoms with Gasteiger partial charge in [-0.05, 0) is 25.1 Å². The molecule has 7 heteroatoms. The topological polar surface area (TPSA) is 91.4 Å². The van der Waals surface area contributed by atoms with E-state index in [0.29, 0.717) is 16.9 Å². The molecule has 3 rings (SSSR count). The fourth-order valence-electron chi connectivity index (χ4n) is 1.75. The van der Waals surface area contributed by atoms with Crippen LogP contribution in [0.25, 0.3) is 22.5 Å². The second-order valence-corrected chi connectivity index (χ2v) is 4.80. The summed E-state index contributed by atoms with van der Waals surface area (Å²) in [6.07, 6.45) is 0. The van der Waals surface area contributed by atoms with E-state index < -0.39 is 0 Å². The van der Waals surface area contributed by atoms with E-state index in [1.54, 1.807) is 0 Å². The summed E-state index contributed by atoms with van der Waals surface area (Å²) in [5.41, 5.74) is 2.66. The van der Waals surface area contributed by atoms with Crippen LogP contribution in [0.5, 0.6) is 0 Å². The van der Waals surface area contributed by atoms with Gasteiger partial charge in [-0.2, -0.15) is 5.26 Å². The van der Waals surface area contributed by atoms with Gasteiger partial charge in [-0.25, -0.2) is 4.98 Å². The van der Waals surface area contributed by atoms with E-state index in [1.807, 2.05) is 31.2 Å². The van der Waals surface area contributed by atoms with E-state index in [9.17, 15) is 0 Å². The van der Waals surface area contributed by atoms with Gasteiger partial charge in [-0.1, -0.05) is 11.8 Å². The minimum Gasteiger partial charge on any atom is -0.411 e. The molecule has 2 aromatic heterocycles. The Morgan fingerprint density at radius 2 is 2.32 bits per heavy atom. The zero-order chi connectivity index (χ0) is 13.2. The number of thioether (sulfide) groups is 1. The molecule has 0 aliphatic heterocycles. The van der Waals surface area contributed by atoms with Crippen molar-refractivity contribution in [3.05, 3.63) is 24.0 Å². The number of fused-ring (bicyclic) bond motifs is 1. The molecule has 1 N–H and O–H groups in total. The molecule has 3 aromatic rings. The van der Waals surface area contributed by atoms with Gasteiger partial charge >= 0.3 is 0 Å². The van der Waals surface area contributed by atoms with Crippen LogP contribution in [-0.4, -0.2) is 25.9 Å². The van der Waals surface area contributed by atoms with Gasteiger partial charge in [0.1, 0.15) is 5.82 Å². The zero-order valence-electron chi connectivity index (χ0n) is 10.0. The summed E-state index contributed by atoms with van der Waals surface area (Å²) in [5.74, 6) is 1.60. The molecular weight excluding hydrogens is 262 g/mol. The lowest BCUT2D eigenvalue weighted by atomic mass is 10.2. The molecule has 0 spiro atoms. The number of nitriles is 1. The molecular formula is C12H9N5OS. The molecule has 2 heterocycles. The maximum absolute atomic E-state index is 8.50. The van der Waals surface area contributed by atoms with Gasteiger partial charge in [0.25, 0.3) is 5.22 Å². The Hall–Kier alpha value is -2.33. The number of rotatable bonds is 3. The number of aromatic amines is 1. The first-order valence-corrected chi connectivity index (χ1v) is 6.55. The van der Waals surface area contributed by atoms with E-state index in [0.717, 1.165) is 22.4 Å². The van der Waals surface area contributed by atoms with Crippen LogP contribution in [0.15, 0.2) is 27.8 Å². The van der Waals surface area contributed by atoms with Crippen molar-refractivity contribution in [3.63, 3.8) is 0 Å². The number of aromatic nitrogens is 4. The Labute approximate surface area is 112 Å². The summed E-state index contributed by atoms with van der Waals surface area (Å²) in [5, 5.41) is 16.8. The molecule has 0 aliphatic rings. The molecule has 0 fully saturated rings. The maximum Gasteiger partial charge on any atom is 0.277 e. The molecule has 0 bridgehead atoms. The van der Waals surface area contributed by atoms with Crippen LogP contribution in [0.4, 0.5) is 0 Å². The van der Waals surface area contributed by atoms with E-state index in [1.165, 1.54) is 11.8 Å². The normalized spacial score (nSPS) is 10.7. The summed E-state index contributed by atoms with van der Waals surface area (Å²) in [7, 11) is 0. The highest BCUT2D eigenvalue weighted by Crippen LogP contribution is 2.25. The van der Waals surface area contributed by atoms with Crippen molar-refractivity contribution in [2.75, 3.05) is 5.75 Å². The molecule has 0 saturated carbocycles. The molecule has 0 unspecified atom stereocenters. The molecule has 94 valence electrons. The summed E-state index contributed by atoms with van der Waals surface area (Å²) in [4.78, 5) is 7.49. The predicted molar refractivity (Wildman–Crippen MR) is 70.5 cm³/mol. The molecule has 0 aliphatic carbocycles. The molecule has 19 heavy (non-hydrogen) atoms. The largest absolute Gasteiger partial charge is 0.411 e. The van der Waals surface area contributed by atoms with Crippen LogP contribution in [-0.2, 0) is 0 Å². The highest BCUT2D eigenvalue weighted by Gasteiger charge is 2.10. The molecule has 0 amide bonds. The van der Waals surface area contributed by atoms with Crippen LogP contribution in [0.2, 0.25) is 0 Å². The smallest absolute Gasteiger partial charge is 0.277 e. The fourth-order valence-corrected chi connectivity index (χ4v) is 2.17. The van der Waals surface area contributed by atoms with Crippen LogP contribution >= 0.6 is 11.8 Å². The Balaban J connectivity index is 1.94. The second kappa shape index (κ2) is 4.74. The average molecular weight is 271 g/mol. The van der Waals surface area contributed by atoms with Crippen LogP contribution < -0.4 is 0 Å². The van der Waals surface area contributed by atoms with Crippen molar-refractivity contribution >= 4 is 22.8 Å². The minimum atomic E-state index is 0.292. The van der Waals surface area contributed by atoms with Crippen molar-refractivity contribution in [3.8, 4) is 17.5 Å². The molecule has 0 saturated heterocycles. The predicted octanol–water partition coefficient (Wildman–Crippen LogP) is 2.54. The number of nitrogens with one attached hydrogen (secondary N) is 1. The molecule has 0 radical (unpaired) electrons. The number of hydrogen-bond acceptors (Lipinski definition) is 6. The number of aryl methyl sites for hydroxylation is 1. The Morgan fingerprint density at radius 1 is 1.42 bits per heavy atom. The van der Waals surface area contributed by atoms with Crippen molar-refractivity contribution in [1.29, 1.82) is 5.26 Å². The van der Waals surface area contributed by atoms with Crippen LogP contribution in [0.1, 0.15) is 5.82 Å². The minimum absolute atomic E-state index is 0.292. The standard InChI is InChI=1S/C12H9N5OS/c1-7-14-9-3-2-8(6-10(9)15-7)11-16-17-12(18-11)19-5-4-13/h2-3,6H,5H2,1H3,(H,14,15). The summed E-state index contributed by atoms with van der Waals surface area (Å²) >= 11 is 1.22. The number of H-pyrrole nitrogens is 1. The molecule has 1 aromatic carbocycles. The number of benzene rings is 1. The Bertz CT molecular complexity index is 770. The first-order valence-electron chi connectivity index (χ1n) is 5.56. The number of imidazole rings is 1. The average Bonchev–Trinajstić information content (AvgIpc) is 3.00. The summed E-state index contributed by atoms with van der Waals surface area (Å²) < 4.78 is 5.48. The van der Waals surface area contributed by atoms with Crippen molar-refractivity contribution in [2.45, 2.75) is 12.1 Å². The lowest BCUT2D eigenvalue weighted by Gasteiger charge is -1.94. The van der Waals surface area contributed by atoms with Gasteiger partial charge in [-0.3, -0.25) is 0 Å². The molecule has 0 atom stereocenters. The number of nitrogens with zero attached hydrogens (tertiary/aromatic N) is 4. The van der Waals surface area contributed by atoms with E-state index in [-0.39, 0.29) is 0 Å². The number of hydrogen-bond donors (Lipinski definition) is 1. The van der Waals surface area contributed by atoms with Gasteiger partial charge < -0.3 is 9.40 Å².